The number of carbonyl (C=O) groups is 1. The van der Waals surface area contributed by atoms with Crippen molar-refractivity contribution in [1.29, 1.82) is 0 Å². The van der Waals surface area contributed by atoms with Gasteiger partial charge < -0.3 is 24.3 Å². The zero-order chi connectivity index (χ0) is 20.2. The molecule has 0 spiro atoms. The molecule has 0 atom stereocenters. The zero-order valence-corrected chi connectivity index (χ0v) is 16.7. The number of carbonyl (C=O) groups excluding carboxylic acids is 1. The van der Waals surface area contributed by atoms with Crippen molar-refractivity contribution in [2.24, 2.45) is 0 Å². The predicted octanol–water partition coefficient (Wildman–Crippen LogP) is 3.04. The minimum absolute atomic E-state index is 0.0790. The lowest BCUT2D eigenvalue weighted by Crippen LogP contribution is -2.51. The molecule has 1 aliphatic heterocycles. The molecule has 0 aliphatic carbocycles. The highest BCUT2D eigenvalue weighted by Crippen LogP contribution is 2.22. The number of oxazole rings is 1. The predicted molar refractivity (Wildman–Crippen MR) is 110 cm³/mol. The van der Waals surface area contributed by atoms with E-state index in [0.29, 0.717) is 44.6 Å². The molecule has 1 fully saturated rings. The van der Waals surface area contributed by atoms with E-state index in [9.17, 15) is 4.79 Å². The smallest absolute Gasteiger partial charge is 0.317 e. The second-order valence-electron chi connectivity index (χ2n) is 7.27. The highest BCUT2D eigenvalue weighted by Gasteiger charge is 2.23. The molecule has 2 amide bonds. The van der Waals surface area contributed by atoms with Gasteiger partial charge in [-0.2, -0.15) is 4.98 Å². The quantitative estimate of drug-likeness (QED) is 0.715. The number of piperazine rings is 1. The van der Waals surface area contributed by atoms with Crippen molar-refractivity contribution in [2.75, 3.05) is 31.1 Å². The first kappa shape index (κ1) is 19.0. The van der Waals surface area contributed by atoms with Crippen molar-refractivity contribution in [2.45, 2.75) is 26.5 Å². The third-order valence-electron chi connectivity index (χ3n) is 4.72. The highest BCUT2D eigenvalue weighted by molar-refractivity contribution is 5.75. The highest BCUT2D eigenvalue weighted by atomic mass is 16.5. The Kier molecular flexibility index (Phi) is 5.50. The topological polar surface area (TPSA) is 83.7 Å². The Morgan fingerprint density at radius 1 is 1.17 bits per heavy atom. The summed E-state index contributed by atoms with van der Waals surface area (Å²) in [5.74, 6) is 0.588. The fourth-order valence-corrected chi connectivity index (χ4v) is 3.21. The average Bonchev–Trinajstić information content (AvgIpc) is 3.17. The lowest BCUT2D eigenvalue weighted by Gasteiger charge is -2.33. The summed E-state index contributed by atoms with van der Waals surface area (Å²) >= 11 is 0. The Bertz CT molecular complexity index is 929. The average molecular weight is 395 g/mol. The Hall–Kier alpha value is -3.29. The number of anilines is 1. The number of nitrogens with one attached hydrogen (secondary N) is 1. The monoisotopic (exact) mass is 395 g/mol. The molecule has 1 saturated heterocycles. The molecule has 29 heavy (non-hydrogen) atoms. The van der Waals surface area contributed by atoms with E-state index in [1.165, 1.54) is 0 Å². The summed E-state index contributed by atoms with van der Waals surface area (Å²) < 4.78 is 11.4. The normalized spacial score (nSPS) is 14.4. The number of amides is 2. The van der Waals surface area contributed by atoms with Crippen LogP contribution in [0.15, 0.2) is 47.0 Å². The van der Waals surface area contributed by atoms with E-state index in [1.54, 1.807) is 6.20 Å². The van der Waals surface area contributed by atoms with Crippen molar-refractivity contribution in [3.63, 3.8) is 0 Å². The molecule has 1 N–H and O–H groups in total. The Balaban J connectivity index is 1.26. The van der Waals surface area contributed by atoms with Gasteiger partial charge in [0.2, 0.25) is 5.88 Å². The maximum absolute atomic E-state index is 12.5. The molecular weight excluding hydrogens is 370 g/mol. The fourth-order valence-electron chi connectivity index (χ4n) is 3.21. The number of benzene rings is 1. The van der Waals surface area contributed by atoms with Crippen molar-refractivity contribution >= 4 is 23.1 Å². The molecule has 8 nitrogen and oxygen atoms in total. The largest absolute Gasteiger partial charge is 0.475 e. The number of urea groups is 1. The van der Waals surface area contributed by atoms with Crippen LogP contribution in [0.1, 0.15) is 19.4 Å². The van der Waals surface area contributed by atoms with Gasteiger partial charge in [0.15, 0.2) is 5.58 Å². The van der Waals surface area contributed by atoms with Gasteiger partial charge in [0.25, 0.3) is 6.01 Å². The maximum Gasteiger partial charge on any atom is 0.317 e. The fraction of sp³-hybridized carbons (Fsp3) is 0.381. The molecule has 8 heteroatoms. The lowest BCUT2D eigenvalue weighted by molar-refractivity contribution is 0.193. The van der Waals surface area contributed by atoms with Crippen molar-refractivity contribution in [1.82, 2.24) is 20.2 Å². The van der Waals surface area contributed by atoms with E-state index >= 15 is 0 Å². The molecule has 0 unspecified atom stereocenters. The van der Waals surface area contributed by atoms with E-state index in [2.05, 4.69) is 20.2 Å². The summed E-state index contributed by atoms with van der Waals surface area (Å²) in [5, 5.41) is 2.95. The van der Waals surface area contributed by atoms with Crippen LogP contribution < -0.4 is 15.0 Å². The molecule has 1 aliphatic rings. The number of hydrogen-bond donors (Lipinski definition) is 1. The van der Waals surface area contributed by atoms with Gasteiger partial charge in [-0.1, -0.05) is 18.2 Å². The van der Waals surface area contributed by atoms with Crippen LogP contribution in [0.2, 0.25) is 0 Å². The number of para-hydroxylation sites is 2. The van der Waals surface area contributed by atoms with E-state index < -0.39 is 0 Å². The molecule has 0 saturated carbocycles. The number of fused-ring (bicyclic) bond motifs is 1. The van der Waals surface area contributed by atoms with Gasteiger partial charge in [0.1, 0.15) is 5.52 Å². The summed E-state index contributed by atoms with van der Waals surface area (Å²) in [7, 11) is 0. The van der Waals surface area contributed by atoms with Crippen LogP contribution in [0.5, 0.6) is 5.88 Å². The second kappa shape index (κ2) is 8.38. The Morgan fingerprint density at radius 2 is 1.97 bits per heavy atom. The molecular formula is C21H25N5O3. The lowest BCUT2D eigenvalue weighted by atomic mass is 10.3. The minimum Gasteiger partial charge on any atom is -0.475 e. The summed E-state index contributed by atoms with van der Waals surface area (Å²) in [6.45, 7) is 6.94. The van der Waals surface area contributed by atoms with Crippen molar-refractivity contribution < 1.29 is 13.9 Å². The van der Waals surface area contributed by atoms with Crippen LogP contribution in [0.3, 0.4) is 0 Å². The first-order valence-corrected chi connectivity index (χ1v) is 9.83. The minimum atomic E-state index is -0.0790. The molecule has 0 bridgehead atoms. The van der Waals surface area contributed by atoms with E-state index in [0.717, 1.165) is 16.7 Å². The number of aromatic nitrogens is 2. The van der Waals surface area contributed by atoms with E-state index in [1.807, 2.05) is 55.1 Å². The standard InChI is InChI=1S/C21H25N5O3/c1-15(2)28-19-8-7-16(13-22-19)14-23-20(27)25-9-11-26(12-10-25)21-24-17-5-3-4-6-18(17)29-21/h3-8,13,15H,9-12,14H2,1-2H3,(H,23,27). The van der Waals surface area contributed by atoms with Gasteiger partial charge in [-0.05, 0) is 31.5 Å². The molecule has 4 rings (SSSR count). The molecule has 2 aromatic heterocycles. The van der Waals surface area contributed by atoms with Crippen LogP contribution >= 0.6 is 0 Å². The van der Waals surface area contributed by atoms with Gasteiger partial charge in [0, 0.05) is 45.0 Å². The second-order valence-corrected chi connectivity index (χ2v) is 7.27. The molecule has 0 radical (unpaired) electrons. The Labute approximate surface area is 169 Å². The summed E-state index contributed by atoms with van der Waals surface area (Å²) in [5.41, 5.74) is 2.56. The van der Waals surface area contributed by atoms with Crippen molar-refractivity contribution in [3.8, 4) is 5.88 Å². The van der Waals surface area contributed by atoms with Crippen LogP contribution in [0, 0.1) is 0 Å². The Morgan fingerprint density at radius 3 is 2.66 bits per heavy atom. The molecule has 1 aromatic carbocycles. The zero-order valence-electron chi connectivity index (χ0n) is 16.7. The molecule has 3 heterocycles. The number of rotatable bonds is 5. The molecule has 152 valence electrons. The number of pyridine rings is 1. The van der Waals surface area contributed by atoms with E-state index in [4.69, 9.17) is 9.15 Å². The van der Waals surface area contributed by atoms with Gasteiger partial charge >= 0.3 is 6.03 Å². The first-order valence-electron chi connectivity index (χ1n) is 9.83. The summed E-state index contributed by atoms with van der Waals surface area (Å²) in [4.78, 5) is 25.1. The van der Waals surface area contributed by atoms with Crippen LogP contribution in [-0.4, -0.2) is 53.2 Å². The van der Waals surface area contributed by atoms with Crippen LogP contribution in [0.4, 0.5) is 10.8 Å². The SMILES string of the molecule is CC(C)Oc1ccc(CNC(=O)N2CCN(c3nc4ccccc4o3)CC2)cn1. The number of nitrogens with zero attached hydrogens (tertiary/aromatic N) is 4. The maximum atomic E-state index is 12.5. The van der Waals surface area contributed by atoms with Gasteiger partial charge in [-0.15, -0.1) is 0 Å². The van der Waals surface area contributed by atoms with Gasteiger partial charge in [-0.25, -0.2) is 9.78 Å². The summed E-state index contributed by atoms with van der Waals surface area (Å²) in [6, 6.07) is 12.0. The van der Waals surface area contributed by atoms with E-state index in [-0.39, 0.29) is 12.1 Å². The first-order chi connectivity index (χ1) is 14.1. The summed E-state index contributed by atoms with van der Waals surface area (Å²) in [6.07, 6.45) is 1.81. The van der Waals surface area contributed by atoms with Crippen LogP contribution in [-0.2, 0) is 6.54 Å². The third-order valence-corrected chi connectivity index (χ3v) is 4.72. The number of hydrogen-bond acceptors (Lipinski definition) is 6. The third kappa shape index (κ3) is 4.59. The van der Waals surface area contributed by atoms with Crippen molar-refractivity contribution in [3.05, 3.63) is 48.2 Å². The van der Waals surface area contributed by atoms with Gasteiger partial charge in [0.05, 0.1) is 6.10 Å². The molecule has 3 aromatic rings. The van der Waals surface area contributed by atoms with Crippen LogP contribution in [0.25, 0.3) is 11.1 Å². The number of ether oxygens (including phenoxy) is 1. The van der Waals surface area contributed by atoms with Gasteiger partial charge in [-0.3, -0.25) is 0 Å².